The summed E-state index contributed by atoms with van der Waals surface area (Å²) in [5.41, 5.74) is 0.668. The number of hydrogen-bond acceptors (Lipinski definition) is 5. The molecule has 3 rings (SSSR count). The average molecular weight is 315 g/mol. The highest BCUT2D eigenvalue weighted by atomic mass is 32.2. The molecule has 1 unspecified atom stereocenters. The molecule has 2 amide bonds. The molecule has 1 aromatic heterocycles. The van der Waals surface area contributed by atoms with Gasteiger partial charge in [-0.3, -0.25) is 9.59 Å². The van der Waals surface area contributed by atoms with E-state index in [1.54, 1.807) is 36.6 Å². The molecule has 0 radical (unpaired) electrons. The fraction of sp³-hybridized carbons (Fsp3) is 0.200. The fourth-order valence-corrected chi connectivity index (χ4v) is 2.68. The number of carbonyl (C=O) groups excluding carboxylic acids is 2. The second-order valence-corrected chi connectivity index (χ2v) is 5.58. The first-order valence-electron chi connectivity index (χ1n) is 6.70. The molecular weight excluding hydrogens is 302 g/mol. The number of nitrogens with one attached hydrogen (secondary N) is 1. The summed E-state index contributed by atoms with van der Waals surface area (Å²) < 4.78 is 5.13. The van der Waals surface area contributed by atoms with Crippen molar-refractivity contribution in [1.82, 2.24) is 5.32 Å². The Bertz CT molecular complexity index is 702. The predicted octanol–water partition coefficient (Wildman–Crippen LogP) is 1.71. The van der Waals surface area contributed by atoms with Crippen molar-refractivity contribution >= 4 is 34.5 Å². The van der Waals surface area contributed by atoms with Crippen LogP contribution in [0, 0.1) is 5.92 Å². The third-order valence-corrected chi connectivity index (χ3v) is 3.92. The number of fused-ring (bicyclic) bond motifs is 1. The first-order valence-corrected chi connectivity index (χ1v) is 7.69. The van der Waals surface area contributed by atoms with Crippen LogP contribution in [0.25, 0.3) is 0 Å². The fourth-order valence-electron chi connectivity index (χ4n) is 1.99. The Morgan fingerprint density at radius 1 is 1.36 bits per heavy atom. The lowest BCUT2D eigenvalue weighted by Crippen LogP contribution is -2.28. The monoisotopic (exact) mass is 315 g/mol. The third-order valence-electron chi connectivity index (χ3n) is 3.07. The SMILES string of the molecule is O=C(CSC1=NC(=O)C2C=CC=CC2=N1)NCc1ccco1. The van der Waals surface area contributed by atoms with Gasteiger partial charge >= 0.3 is 0 Å². The van der Waals surface area contributed by atoms with E-state index >= 15 is 0 Å². The lowest BCUT2D eigenvalue weighted by molar-refractivity contribution is -0.119. The minimum atomic E-state index is -0.387. The van der Waals surface area contributed by atoms with Gasteiger partial charge in [0.2, 0.25) is 5.91 Å². The summed E-state index contributed by atoms with van der Waals surface area (Å²) in [6, 6.07) is 3.55. The number of furan rings is 1. The topological polar surface area (TPSA) is 84.0 Å². The number of hydrogen-bond donors (Lipinski definition) is 1. The van der Waals surface area contributed by atoms with Crippen LogP contribution >= 0.6 is 11.8 Å². The quantitative estimate of drug-likeness (QED) is 0.916. The van der Waals surface area contributed by atoms with Crippen LogP contribution in [-0.4, -0.2) is 28.4 Å². The number of carbonyl (C=O) groups is 2. The Morgan fingerprint density at radius 3 is 3.09 bits per heavy atom. The van der Waals surface area contributed by atoms with Gasteiger partial charge in [-0.05, 0) is 18.2 Å². The molecule has 22 heavy (non-hydrogen) atoms. The highest BCUT2D eigenvalue weighted by molar-refractivity contribution is 8.14. The lowest BCUT2D eigenvalue weighted by Gasteiger charge is -2.16. The standard InChI is InChI=1S/C15H13N3O3S/c19-13(16-8-10-4-3-7-21-10)9-22-15-17-12-6-2-1-5-11(12)14(20)18-15/h1-7,11H,8-9H2,(H,16,19). The van der Waals surface area contributed by atoms with Gasteiger partial charge in [0.05, 0.1) is 24.3 Å². The largest absolute Gasteiger partial charge is 0.467 e. The van der Waals surface area contributed by atoms with Gasteiger partial charge in [-0.1, -0.05) is 30.0 Å². The van der Waals surface area contributed by atoms with Crippen molar-refractivity contribution < 1.29 is 14.0 Å². The molecule has 0 bridgehead atoms. The Hall–Kier alpha value is -2.41. The Morgan fingerprint density at radius 2 is 2.27 bits per heavy atom. The van der Waals surface area contributed by atoms with Crippen molar-refractivity contribution in [3.63, 3.8) is 0 Å². The minimum absolute atomic E-state index is 0.147. The summed E-state index contributed by atoms with van der Waals surface area (Å²) in [7, 11) is 0. The lowest BCUT2D eigenvalue weighted by atomic mass is 9.97. The van der Waals surface area contributed by atoms with Crippen LogP contribution in [0.4, 0.5) is 0 Å². The molecule has 0 aromatic carbocycles. The van der Waals surface area contributed by atoms with E-state index in [0.29, 0.717) is 23.2 Å². The minimum Gasteiger partial charge on any atom is -0.467 e. The van der Waals surface area contributed by atoms with Crippen LogP contribution in [0.3, 0.4) is 0 Å². The molecule has 2 heterocycles. The first-order chi connectivity index (χ1) is 10.7. The normalized spacial score (nSPS) is 19.5. The second-order valence-electron chi connectivity index (χ2n) is 4.64. The maximum absolute atomic E-state index is 11.9. The Balaban J connectivity index is 1.52. The van der Waals surface area contributed by atoms with Gasteiger partial charge in [0.25, 0.3) is 5.91 Å². The molecule has 0 spiro atoms. The van der Waals surface area contributed by atoms with E-state index < -0.39 is 0 Å². The van der Waals surface area contributed by atoms with E-state index in [4.69, 9.17) is 4.42 Å². The van der Waals surface area contributed by atoms with Crippen molar-refractivity contribution in [3.8, 4) is 0 Å². The van der Waals surface area contributed by atoms with Crippen LogP contribution in [0.2, 0.25) is 0 Å². The maximum atomic E-state index is 11.9. The first kappa shape index (κ1) is 14.5. The molecule has 2 aliphatic rings. The van der Waals surface area contributed by atoms with E-state index in [-0.39, 0.29) is 23.5 Å². The zero-order valence-corrected chi connectivity index (χ0v) is 12.4. The molecule has 1 aromatic rings. The number of aliphatic imine (C=N–C) groups is 2. The Labute approximate surface area is 131 Å². The summed E-state index contributed by atoms with van der Waals surface area (Å²) in [5.74, 6) is 0.0308. The van der Waals surface area contributed by atoms with Gasteiger partial charge < -0.3 is 9.73 Å². The molecule has 1 aliphatic carbocycles. The summed E-state index contributed by atoms with van der Waals surface area (Å²) in [6.45, 7) is 0.335. The molecule has 1 aliphatic heterocycles. The van der Waals surface area contributed by atoms with E-state index in [1.165, 1.54) is 0 Å². The van der Waals surface area contributed by atoms with E-state index in [0.717, 1.165) is 11.8 Å². The predicted molar refractivity (Wildman–Crippen MR) is 84.7 cm³/mol. The molecule has 112 valence electrons. The van der Waals surface area contributed by atoms with Gasteiger partial charge in [-0.15, -0.1) is 0 Å². The molecule has 7 heteroatoms. The number of allylic oxidation sites excluding steroid dienone is 3. The highest BCUT2D eigenvalue weighted by Crippen LogP contribution is 2.20. The highest BCUT2D eigenvalue weighted by Gasteiger charge is 2.26. The van der Waals surface area contributed by atoms with Gasteiger partial charge in [-0.2, -0.15) is 4.99 Å². The van der Waals surface area contributed by atoms with Crippen molar-refractivity contribution in [2.45, 2.75) is 6.54 Å². The molecule has 1 N–H and O–H groups in total. The average Bonchev–Trinajstić information content (AvgIpc) is 3.04. The van der Waals surface area contributed by atoms with E-state index in [1.807, 2.05) is 6.08 Å². The summed E-state index contributed by atoms with van der Waals surface area (Å²) >= 11 is 1.14. The zero-order chi connectivity index (χ0) is 15.4. The molecule has 0 fully saturated rings. The van der Waals surface area contributed by atoms with Crippen LogP contribution in [0.15, 0.2) is 57.1 Å². The van der Waals surface area contributed by atoms with Gasteiger partial charge in [0.1, 0.15) is 11.7 Å². The van der Waals surface area contributed by atoms with Gasteiger partial charge in [0.15, 0.2) is 5.17 Å². The number of nitrogens with zero attached hydrogens (tertiary/aromatic N) is 2. The summed E-state index contributed by atoms with van der Waals surface area (Å²) in [6.07, 6.45) is 8.73. The van der Waals surface area contributed by atoms with Crippen LogP contribution in [0.1, 0.15) is 5.76 Å². The summed E-state index contributed by atoms with van der Waals surface area (Å²) in [5, 5.41) is 3.05. The van der Waals surface area contributed by atoms with E-state index in [9.17, 15) is 9.59 Å². The number of thioether (sulfide) groups is 1. The molecule has 1 atom stereocenters. The molecule has 0 saturated heterocycles. The smallest absolute Gasteiger partial charge is 0.261 e. The van der Waals surface area contributed by atoms with Crippen LogP contribution in [-0.2, 0) is 16.1 Å². The molecular formula is C15H13N3O3S. The van der Waals surface area contributed by atoms with Crippen molar-refractivity contribution in [3.05, 3.63) is 48.5 Å². The van der Waals surface area contributed by atoms with Crippen LogP contribution < -0.4 is 5.32 Å². The molecule has 0 saturated carbocycles. The maximum Gasteiger partial charge on any atom is 0.261 e. The van der Waals surface area contributed by atoms with Gasteiger partial charge in [0, 0.05) is 0 Å². The number of rotatable bonds is 4. The third kappa shape index (κ3) is 3.43. The zero-order valence-electron chi connectivity index (χ0n) is 11.6. The second kappa shape index (κ2) is 6.57. The number of amidine groups is 1. The van der Waals surface area contributed by atoms with Gasteiger partial charge in [-0.25, -0.2) is 4.99 Å². The van der Waals surface area contributed by atoms with Crippen molar-refractivity contribution in [2.75, 3.05) is 5.75 Å². The molecule has 6 nitrogen and oxygen atoms in total. The summed E-state index contributed by atoms with van der Waals surface area (Å²) in [4.78, 5) is 31.9. The van der Waals surface area contributed by atoms with Crippen molar-refractivity contribution in [2.24, 2.45) is 15.9 Å². The van der Waals surface area contributed by atoms with Crippen LogP contribution in [0.5, 0.6) is 0 Å². The Kier molecular flexibility index (Phi) is 4.34. The number of amides is 2. The van der Waals surface area contributed by atoms with E-state index in [2.05, 4.69) is 15.3 Å². The van der Waals surface area contributed by atoms with Crippen molar-refractivity contribution in [1.29, 1.82) is 0 Å².